The van der Waals surface area contributed by atoms with Gasteiger partial charge in [-0.05, 0) is 31.0 Å². The van der Waals surface area contributed by atoms with E-state index in [0.29, 0.717) is 42.0 Å². The van der Waals surface area contributed by atoms with Crippen molar-refractivity contribution >= 4 is 28.9 Å². The molecule has 1 fully saturated rings. The van der Waals surface area contributed by atoms with Crippen molar-refractivity contribution in [2.45, 2.75) is 19.4 Å². The molecule has 0 saturated heterocycles. The highest BCUT2D eigenvalue weighted by Gasteiger charge is 2.29. The molecular weight excluding hydrogens is 452 g/mol. The number of benzene rings is 1. The molecule has 10 heteroatoms. The molecule has 0 aliphatic heterocycles. The van der Waals surface area contributed by atoms with Gasteiger partial charge in [-0.3, -0.25) is 23.5 Å². The Bertz CT molecular complexity index is 1480. The number of hydrogen-bond donors (Lipinski definition) is 1. The van der Waals surface area contributed by atoms with E-state index in [-0.39, 0.29) is 29.6 Å². The Balaban J connectivity index is 1.67. The predicted molar refractivity (Wildman–Crippen MR) is 130 cm³/mol. The molecule has 35 heavy (non-hydrogen) atoms. The fourth-order valence-electron chi connectivity index (χ4n) is 3.74. The smallest absolute Gasteiger partial charge is 0.332 e. The van der Waals surface area contributed by atoms with Crippen molar-refractivity contribution < 1.29 is 19.1 Å². The van der Waals surface area contributed by atoms with Gasteiger partial charge in [0.05, 0.1) is 24.4 Å². The molecule has 2 heterocycles. The normalized spacial score (nSPS) is 12.8. The third-order valence-corrected chi connectivity index (χ3v) is 5.83. The third-order valence-electron chi connectivity index (χ3n) is 5.83. The first-order valence-corrected chi connectivity index (χ1v) is 11.1. The second kappa shape index (κ2) is 10.0. The Morgan fingerprint density at radius 2 is 1.91 bits per heavy atom. The van der Waals surface area contributed by atoms with Crippen LogP contribution in [0.4, 0.5) is 5.69 Å². The highest BCUT2D eigenvalue weighted by molar-refractivity contribution is 5.94. The summed E-state index contributed by atoms with van der Waals surface area (Å²) in [6.07, 6.45) is 2.40. The number of rotatable bonds is 8. The molecule has 2 aromatic heterocycles. The van der Waals surface area contributed by atoms with Crippen LogP contribution in [0.25, 0.3) is 11.0 Å². The molecule has 1 aliphatic rings. The Morgan fingerprint density at radius 1 is 1.14 bits per heavy atom. The Hall–Kier alpha value is -4.10. The lowest BCUT2D eigenvalue weighted by Crippen LogP contribution is -2.38. The Labute approximate surface area is 201 Å². The minimum absolute atomic E-state index is 0.00963. The number of hydrogen-bond acceptors (Lipinski definition) is 6. The quantitative estimate of drug-likeness (QED) is 0.296. The average Bonchev–Trinajstić information content (AvgIpc) is 3.63. The summed E-state index contributed by atoms with van der Waals surface area (Å²) in [6, 6.07) is 6.71. The number of aryl methyl sites for hydroxylation is 1. The van der Waals surface area contributed by atoms with Crippen molar-refractivity contribution in [2.75, 3.05) is 25.6 Å². The lowest BCUT2D eigenvalue weighted by Gasteiger charge is -2.10. The molecule has 1 aromatic carbocycles. The fraction of sp³-hybridized carbons (Fsp3) is 0.360. The number of nitrogens with zero attached hydrogens (tertiary/aromatic N) is 3. The molecule has 0 bridgehead atoms. The molecule has 4 rings (SSSR count). The van der Waals surface area contributed by atoms with Gasteiger partial charge in [0, 0.05) is 44.4 Å². The van der Waals surface area contributed by atoms with E-state index in [1.165, 1.54) is 22.2 Å². The molecule has 182 valence electrons. The number of nitrogens with one attached hydrogen (secondary N) is 1. The van der Waals surface area contributed by atoms with Crippen LogP contribution in [0.1, 0.15) is 28.9 Å². The van der Waals surface area contributed by atoms with Gasteiger partial charge in [-0.25, -0.2) is 4.79 Å². The van der Waals surface area contributed by atoms with E-state index in [2.05, 4.69) is 17.2 Å². The minimum Gasteiger partial charge on any atom is -0.491 e. The summed E-state index contributed by atoms with van der Waals surface area (Å²) in [5.41, 5.74) is 1.00. The molecule has 1 N–H and O–H groups in total. The van der Waals surface area contributed by atoms with Crippen molar-refractivity contribution in [3.8, 4) is 17.6 Å². The lowest BCUT2D eigenvalue weighted by atomic mass is 10.2. The van der Waals surface area contributed by atoms with E-state index in [4.69, 9.17) is 9.47 Å². The van der Waals surface area contributed by atoms with Crippen molar-refractivity contribution in [3.63, 3.8) is 0 Å². The topological polar surface area (TPSA) is 114 Å². The van der Waals surface area contributed by atoms with Crippen LogP contribution in [0.15, 0.2) is 33.9 Å². The van der Waals surface area contributed by atoms with Gasteiger partial charge in [0.1, 0.15) is 17.9 Å². The van der Waals surface area contributed by atoms with Crippen molar-refractivity contribution in [2.24, 2.45) is 20.0 Å². The second-order valence-electron chi connectivity index (χ2n) is 8.37. The number of anilines is 1. The van der Waals surface area contributed by atoms with E-state index < -0.39 is 11.2 Å². The second-order valence-corrected chi connectivity index (χ2v) is 8.37. The maximum Gasteiger partial charge on any atom is 0.332 e. The van der Waals surface area contributed by atoms with E-state index in [1.807, 2.05) is 0 Å². The third kappa shape index (κ3) is 5.05. The molecule has 1 saturated carbocycles. The van der Waals surface area contributed by atoms with Gasteiger partial charge >= 0.3 is 5.69 Å². The van der Waals surface area contributed by atoms with Gasteiger partial charge in [0.2, 0.25) is 5.91 Å². The number of carbonyl (C=O) groups is 2. The van der Waals surface area contributed by atoms with E-state index in [9.17, 15) is 19.2 Å². The van der Waals surface area contributed by atoms with Crippen LogP contribution in [0.3, 0.4) is 0 Å². The van der Waals surface area contributed by atoms with Gasteiger partial charge in [0.15, 0.2) is 6.29 Å². The van der Waals surface area contributed by atoms with Gasteiger partial charge in [-0.15, -0.1) is 0 Å². The van der Waals surface area contributed by atoms with Gasteiger partial charge < -0.3 is 19.4 Å². The van der Waals surface area contributed by atoms with Crippen molar-refractivity contribution in [1.29, 1.82) is 0 Å². The molecule has 1 aliphatic carbocycles. The summed E-state index contributed by atoms with van der Waals surface area (Å²) in [5.74, 6) is 6.51. The monoisotopic (exact) mass is 478 g/mol. The number of ether oxygens (including phenoxy) is 2. The summed E-state index contributed by atoms with van der Waals surface area (Å²) in [6.45, 7) is 0.733. The molecule has 10 nitrogen and oxygen atoms in total. The van der Waals surface area contributed by atoms with E-state index in [1.54, 1.807) is 32.4 Å². The number of amides is 1. The van der Waals surface area contributed by atoms with Crippen LogP contribution < -0.4 is 21.3 Å². The molecular formula is C25H26N4O6. The maximum absolute atomic E-state index is 12.8. The molecule has 0 spiro atoms. The van der Waals surface area contributed by atoms with Gasteiger partial charge in [-0.2, -0.15) is 0 Å². The highest BCUT2D eigenvalue weighted by Crippen LogP contribution is 2.31. The minimum atomic E-state index is -0.533. The Kier molecular flexibility index (Phi) is 6.89. The Morgan fingerprint density at radius 3 is 2.60 bits per heavy atom. The zero-order valence-corrected chi connectivity index (χ0v) is 19.8. The molecule has 0 radical (unpaired) electrons. The number of aldehydes is 1. The predicted octanol–water partition coefficient (Wildman–Crippen LogP) is 1.28. The van der Waals surface area contributed by atoms with Crippen LogP contribution in [0, 0.1) is 17.8 Å². The maximum atomic E-state index is 12.8. The van der Waals surface area contributed by atoms with E-state index >= 15 is 0 Å². The zero-order chi connectivity index (χ0) is 25.1. The average molecular weight is 479 g/mol. The molecule has 0 unspecified atom stereocenters. The zero-order valence-electron chi connectivity index (χ0n) is 19.8. The van der Waals surface area contributed by atoms with Gasteiger partial charge in [-0.1, -0.05) is 11.8 Å². The number of carbonyl (C=O) groups excluding carboxylic acids is 2. The first-order valence-electron chi connectivity index (χ1n) is 11.1. The molecule has 0 atom stereocenters. The van der Waals surface area contributed by atoms with Crippen LogP contribution in [-0.2, 0) is 30.2 Å². The number of methoxy groups -OCH3 is 1. The van der Waals surface area contributed by atoms with E-state index in [0.717, 1.165) is 17.4 Å². The summed E-state index contributed by atoms with van der Waals surface area (Å²) in [7, 11) is 4.56. The first kappa shape index (κ1) is 24.0. The van der Waals surface area contributed by atoms with Crippen LogP contribution in [-0.4, -0.2) is 46.2 Å². The fourth-order valence-corrected chi connectivity index (χ4v) is 3.74. The summed E-state index contributed by atoms with van der Waals surface area (Å²) < 4.78 is 14.5. The lowest BCUT2D eigenvalue weighted by molar-refractivity contribution is -0.117. The highest BCUT2D eigenvalue weighted by atomic mass is 16.5. The number of fused-ring (bicyclic) bond motifs is 1. The largest absolute Gasteiger partial charge is 0.491 e. The van der Waals surface area contributed by atoms with Gasteiger partial charge in [0.25, 0.3) is 5.56 Å². The van der Waals surface area contributed by atoms with Crippen LogP contribution >= 0.6 is 0 Å². The summed E-state index contributed by atoms with van der Waals surface area (Å²) >= 11 is 0. The molecule has 1 amide bonds. The molecule has 3 aromatic rings. The van der Waals surface area contributed by atoms with Crippen LogP contribution in [0.2, 0.25) is 0 Å². The summed E-state index contributed by atoms with van der Waals surface area (Å²) in [4.78, 5) is 49.0. The standard InChI is InChI=1S/C25H26N4O6/c1-27-19(15-30)14-21-22(27)24(32)28(2)25(33)29(21)8-4-5-16-11-18(26-23(31)17-6-7-17)13-20(12-16)35-10-9-34-3/h11-15,17H,6-10H2,1-3H3,(H,26,31). The summed E-state index contributed by atoms with van der Waals surface area (Å²) in [5, 5.41) is 2.90. The SMILES string of the molecule is COCCOc1cc(C#CCn2c(=O)n(C)c(=O)c3c2cc(C=O)n3C)cc(NC(=O)C2CC2)c1. The van der Waals surface area contributed by atoms with Crippen molar-refractivity contribution in [3.05, 3.63) is 56.4 Å². The van der Waals surface area contributed by atoms with Crippen molar-refractivity contribution in [1.82, 2.24) is 13.7 Å². The van der Waals surface area contributed by atoms with Crippen LogP contribution in [0.5, 0.6) is 5.75 Å². The number of aromatic nitrogens is 3. The first-order chi connectivity index (χ1) is 16.8.